The summed E-state index contributed by atoms with van der Waals surface area (Å²) in [5.74, 6) is 0.430. The Morgan fingerprint density at radius 3 is 2.64 bits per heavy atom. The average molecular weight is 359 g/mol. The second kappa shape index (κ2) is 7.69. The van der Waals surface area contributed by atoms with E-state index in [1.165, 1.54) is 11.8 Å². The maximum atomic E-state index is 12.2. The number of imide groups is 1. The second-order valence-electron chi connectivity index (χ2n) is 5.91. The van der Waals surface area contributed by atoms with Gasteiger partial charge in [-0.05, 0) is 26.7 Å². The summed E-state index contributed by atoms with van der Waals surface area (Å²) in [6.07, 6.45) is 1.96. The van der Waals surface area contributed by atoms with Gasteiger partial charge in [0, 0.05) is 18.2 Å². The van der Waals surface area contributed by atoms with Gasteiger partial charge in [0.2, 0.25) is 5.91 Å². The molecule has 132 valence electrons. The highest BCUT2D eigenvalue weighted by Gasteiger charge is 2.26. The third-order valence-corrected chi connectivity index (χ3v) is 4.95. The quantitative estimate of drug-likeness (QED) is 0.773. The van der Waals surface area contributed by atoms with E-state index in [0.29, 0.717) is 11.7 Å². The normalized spacial score (nSPS) is 14.8. The lowest BCUT2D eigenvalue weighted by Crippen LogP contribution is -2.43. The number of thioether (sulfide) groups is 1. The SMILES string of the molecule is CCn1c(SC(C)C(=O)NC(=O)NC2CC2)nnc1-c1ccccc1. The molecule has 1 fully saturated rings. The van der Waals surface area contributed by atoms with E-state index in [4.69, 9.17) is 0 Å². The summed E-state index contributed by atoms with van der Waals surface area (Å²) in [4.78, 5) is 23.9. The lowest BCUT2D eigenvalue weighted by atomic mass is 10.2. The van der Waals surface area contributed by atoms with Crippen molar-refractivity contribution in [3.8, 4) is 11.4 Å². The van der Waals surface area contributed by atoms with Gasteiger partial charge in [-0.1, -0.05) is 42.1 Å². The molecule has 0 radical (unpaired) electrons. The first-order chi connectivity index (χ1) is 12.1. The summed E-state index contributed by atoms with van der Waals surface area (Å²) in [6.45, 7) is 4.45. The molecule has 1 aromatic carbocycles. The van der Waals surface area contributed by atoms with E-state index in [2.05, 4.69) is 20.8 Å². The number of carbonyl (C=O) groups excluding carboxylic acids is 2. The molecule has 7 nitrogen and oxygen atoms in total. The molecule has 1 heterocycles. The minimum Gasteiger partial charge on any atom is -0.335 e. The van der Waals surface area contributed by atoms with Crippen molar-refractivity contribution in [1.82, 2.24) is 25.4 Å². The molecule has 25 heavy (non-hydrogen) atoms. The van der Waals surface area contributed by atoms with Gasteiger partial charge in [-0.3, -0.25) is 10.1 Å². The summed E-state index contributed by atoms with van der Waals surface area (Å²) in [5, 5.41) is 13.8. The number of nitrogens with zero attached hydrogens (tertiary/aromatic N) is 3. The van der Waals surface area contributed by atoms with Crippen molar-refractivity contribution >= 4 is 23.7 Å². The van der Waals surface area contributed by atoms with Crippen molar-refractivity contribution in [3.05, 3.63) is 30.3 Å². The van der Waals surface area contributed by atoms with E-state index in [0.717, 1.165) is 24.2 Å². The van der Waals surface area contributed by atoms with E-state index in [-0.39, 0.29) is 11.9 Å². The fourth-order valence-corrected chi connectivity index (χ4v) is 3.25. The van der Waals surface area contributed by atoms with Crippen LogP contribution in [0, 0.1) is 0 Å². The highest BCUT2D eigenvalue weighted by Crippen LogP contribution is 2.26. The Balaban J connectivity index is 1.66. The van der Waals surface area contributed by atoms with Gasteiger partial charge in [0.15, 0.2) is 11.0 Å². The molecule has 3 rings (SSSR count). The fraction of sp³-hybridized carbons (Fsp3) is 0.412. The van der Waals surface area contributed by atoms with E-state index < -0.39 is 11.3 Å². The molecule has 2 N–H and O–H groups in total. The summed E-state index contributed by atoms with van der Waals surface area (Å²) in [5.41, 5.74) is 0.976. The average Bonchev–Trinajstić information content (AvgIpc) is 3.32. The molecule has 0 bridgehead atoms. The van der Waals surface area contributed by atoms with Crippen LogP contribution in [0.5, 0.6) is 0 Å². The van der Waals surface area contributed by atoms with Crippen LogP contribution in [0.1, 0.15) is 26.7 Å². The third kappa shape index (κ3) is 4.39. The van der Waals surface area contributed by atoms with Gasteiger partial charge in [0.1, 0.15) is 0 Å². The van der Waals surface area contributed by atoms with Crippen LogP contribution in [-0.2, 0) is 11.3 Å². The number of hydrogen-bond acceptors (Lipinski definition) is 5. The zero-order valence-electron chi connectivity index (χ0n) is 14.2. The molecule has 3 amide bonds. The Kier molecular flexibility index (Phi) is 5.37. The van der Waals surface area contributed by atoms with Gasteiger partial charge in [-0.2, -0.15) is 0 Å². The smallest absolute Gasteiger partial charge is 0.321 e. The molecule has 1 aliphatic rings. The molecule has 1 saturated carbocycles. The van der Waals surface area contributed by atoms with Gasteiger partial charge in [0.05, 0.1) is 5.25 Å². The second-order valence-corrected chi connectivity index (χ2v) is 7.22. The Hall–Kier alpha value is -2.35. The Bertz CT molecular complexity index is 758. The summed E-state index contributed by atoms with van der Waals surface area (Å²) >= 11 is 1.29. The first-order valence-corrected chi connectivity index (χ1v) is 9.23. The van der Waals surface area contributed by atoms with Crippen LogP contribution in [0.25, 0.3) is 11.4 Å². The van der Waals surface area contributed by atoms with Crippen molar-refractivity contribution in [2.45, 2.75) is 49.7 Å². The van der Waals surface area contributed by atoms with Gasteiger partial charge < -0.3 is 9.88 Å². The number of benzene rings is 1. The number of aromatic nitrogens is 3. The monoisotopic (exact) mass is 359 g/mol. The summed E-state index contributed by atoms with van der Waals surface area (Å²) in [7, 11) is 0. The maximum Gasteiger partial charge on any atom is 0.321 e. The van der Waals surface area contributed by atoms with Crippen LogP contribution >= 0.6 is 11.8 Å². The minimum atomic E-state index is -0.455. The van der Waals surface area contributed by atoms with Gasteiger partial charge in [-0.25, -0.2) is 4.79 Å². The molecular formula is C17H21N5O2S. The van der Waals surface area contributed by atoms with Crippen LogP contribution in [0.2, 0.25) is 0 Å². The standard InChI is InChI=1S/C17H21N5O2S/c1-3-22-14(12-7-5-4-6-8-12)20-21-17(22)25-11(2)15(23)19-16(24)18-13-9-10-13/h4-8,11,13H,3,9-10H2,1-2H3,(H2,18,19,23,24). The van der Waals surface area contributed by atoms with Crippen molar-refractivity contribution in [1.29, 1.82) is 0 Å². The van der Waals surface area contributed by atoms with Crippen LogP contribution in [0.4, 0.5) is 4.79 Å². The Labute approximate surface area is 150 Å². The van der Waals surface area contributed by atoms with Crippen LogP contribution in [0.15, 0.2) is 35.5 Å². The largest absolute Gasteiger partial charge is 0.335 e. The van der Waals surface area contributed by atoms with Gasteiger partial charge in [-0.15, -0.1) is 10.2 Å². The molecule has 0 aliphatic heterocycles. The molecule has 2 aromatic rings. The number of urea groups is 1. The summed E-state index contributed by atoms with van der Waals surface area (Å²) < 4.78 is 1.97. The maximum absolute atomic E-state index is 12.2. The van der Waals surface area contributed by atoms with Crippen LogP contribution in [0.3, 0.4) is 0 Å². The molecule has 1 aliphatic carbocycles. The predicted octanol–water partition coefficient (Wildman–Crippen LogP) is 2.43. The Morgan fingerprint density at radius 1 is 1.28 bits per heavy atom. The first-order valence-electron chi connectivity index (χ1n) is 8.35. The number of hydrogen-bond donors (Lipinski definition) is 2. The molecular weight excluding hydrogens is 338 g/mol. The first kappa shape index (κ1) is 17.5. The lowest BCUT2D eigenvalue weighted by molar-refractivity contribution is -0.119. The van der Waals surface area contributed by atoms with Crippen molar-refractivity contribution in [2.24, 2.45) is 0 Å². The highest BCUT2D eigenvalue weighted by atomic mass is 32.2. The number of rotatable bonds is 6. The van der Waals surface area contributed by atoms with E-state index >= 15 is 0 Å². The highest BCUT2D eigenvalue weighted by molar-refractivity contribution is 8.00. The zero-order valence-corrected chi connectivity index (χ0v) is 15.0. The minimum absolute atomic E-state index is 0.215. The predicted molar refractivity (Wildman–Crippen MR) is 96.1 cm³/mol. The van der Waals surface area contributed by atoms with E-state index in [1.54, 1.807) is 6.92 Å². The molecule has 1 aromatic heterocycles. The third-order valence-electron chi connectivity index (χ3n) is 3.87. The van der Waals surface area contributed by atoms with E-state index in [1.807, 2.05) is 41.8 Å². The summed E-state index contributed by atoms with van der Waals surface area (Å²) in [6, 6.07) is 9.59. The molecule has 0 saturated heterocycles. The van der Waals surface area contributed by atoms with Crippen molar-refractivity contribution in [2.75, 3.05) is 0 Å². The zero-order chi connectivity index (χ0) is 17.8. The van der Waals surface area contributed by atoms with E-state index in [9.17, 15) is 9.59 Å². The molecule has 1 atom stereocenters. The molecule has 8 heteroatoms. The molecule has 0 spiro atoms. The molecule has 1 unspecified atom stereocenters. The number of nitrogens with one attached hydrogen (secondary N) is 2. The fourth-order valence-electron chi connectivity index (χ4n) is 2.34. The number of carbonyl (C=O) groups is 2. The van der Waals surface area contributed by atoms with Crippen LogP contribution < -0.4 is 10.6 Å². The van der Waals surface area contributed by atoms with Gasteiger partial charge in [0.25, 0.3) is 0 Å². The van der Waals surface area contributed by atoms with Crippen LogP contribution in [-0.4, -0.2) is 38.0 Å². The Morgan fingerprint density at radius 2 is 2.00 bits per heavy atom. The topological polar surface area (TPSA) is 88.9 Å². The van der Waals surface area contributed by atoms with Gasteiger partial charge >= 0.3 is 6.03 Å². The van der Waals surface area contributed by atoms with Crippen molar-refractivity contribution < 1.29 is 9.59 Å². The van der Waals surface area contributed by atoms with Crippen molar-refractivity contribution in [3.63, 3.8) is 0 Å². The number of amides is 3. The lowest BCUT2D eigenvalue weighted by Gasteiger charge is -2.12.